The molecule has 22 heavy (non-hydrogen) atoms. The maximum absolute atomic E-state index is 12.3. The minimum absolute atomic E-state index is 0.0484. The highest BCUT2D eigenvalue weighted by atomic mass is 79.9. The molecule has 0 aliphatic heterocycles. The first-order valence-corrected chi connectivity index (χ1v) is 10.5. The van der Waals surface area contributed by atoms with Gasteiger partial charge in [0.15, 0.2) is 0 Å². The molecule has 0 heterocycles. The standard InChI is InChI=1S/C19H38BrNO/c1-4-6-8-10-12-14-16-21(19(22)18(3)20)17-15-13-11-9-7-5-2/h18H,4-17H2,1-3H3. The van der Waals surface area contributed by atoms with Crippen LogP contribution < -0.4 is 0 Å². The first kappa shape index (κ1) is 21.9. The smallest absolute Gasteiger partial charge is 0.236 e. The van der Waals surface area contributed by atoms with E-state index in [4.69, 9.17) is 0 Å². The fourth-order valence-corrected chi connectivity index (χ4v) is 3.04. The summed E-state index contributed by atoms with van der Waals surface area (Å²) in [6, 6.07) is 0. The maximum atomic E-state index is 12.3. The second-order valence-electron chi connectivity index (χ2n) is 6.48. The monoisotopic (exact) mass is 375 g/mol. The van der Waals surface area contributed by atoms with E-state index in [1.54, 1.807) is 0 Å². The molecule has 0 aromatic heterocycles. The molecular formula is C19H38BrNO. The summed E-state index contributed by atoms with van der Waals surface area (Å²) < 4.78 is 0. The van der Waals surface area contributed by atoms with Gasteiger partial charge in [-0.05, 0) is 19.8 Å². The minimum atomic E-state index is -0.0484. The number of amides is 1. The van der Waals surface area contributed by atoms with Crippen LogP contribution in [0.5, 0.6) is 0 Å². The summed E-state index contributed by atoms with van der Waals surface area (Å²) >= 11 is 3.44. The lowest BCUT2D eigenvalue weighted by molar-refractivity contribution is -0.130. The molecule has 0 spiro atoms. The van der Waals surface area contributed by atoms with E-state index in [2.05, 4.69) is 34.7 Å². The second-order valence-corrected chi connectivity index (χ2v) is 7.85. The van der Waals surface area contributed by atoms with Gasteiger partial charge in [0.05, 0.1) is 4.83 Å². The summed E-state index contributed by atoms with van der Waals surface area (Å²) in [5.74, 6) is 0.266. The third kappa shape index (κ3) is 12.5. The van der Waals surface area contributed by atoms with Gasteiger partial charge in [0.25, 0.3) is 0 Å². The van der Waals surface area contributed by atoms with Crippen LogP contribution in [0.1, 0.15) is 97.8 Å². The van der Waals surface area contributed by atoms with Gasteiger partial charge >= 0.3 is 0 Å². The average molecular weight is 376 g/mol. The van der Waals surface area contributed by atoms with Crippen LogP contribution in [0.4, 0.5) is 0 Å². The summed E-state index contributed by atoms with van der Waals surface area (Å²) in [4.78, 5) is 14.3. The van der Waals surface area contributed by atoms with E-state index >= 15 is 0 Å². The van der Waals surface area contributed by atoms with Gasteiger partial charge in [0.2, 0.25) is 5.91 Å². The zero-order valence-corrected chi connectivity index (χ0v) is 16.8. The Morgan fingerprint density at radius 1 is 0.773 bits per heavy atom. The van der Waals surface area contributed by atoms with E-state index in [-0.39, 0.29) is 10.7 Å². The molecule has 0 radical (unpaired) electrons. The van der Waals surface area contributed by atoms with Crippen LogP contribution in [0.3, 0.4) is 0 Å². The van der Waals surface area contributed by atoms with Crippen molar-refractivity contribution < 1.29 is 4.79 Å². The highest BCUT2D eigenvalue weighted by Gasteiger charge is 2.17. The van der Waals surface area contributed by atoms with Crippen molar-refractivity contribution in [1.29, 1.82) is 0 Å². The number of carbonyl (C=O) groups is 1. The van der Waals surface area contributed by atoms with Crippen molar-refractivity contribution in [2.24, 2.45) is 0 Å². The van der Waals surface area contributed by atoms with E-state index < -0.39 is 0 Å². The highest BCUT2D eigenvalue weighted by molar-refractivity contribution is 9.10. The van der Waals surface area contributed by atoms with Gasteiger partial charge in [0, 0.05) is 13.1 Å². The molecule has 1 amide bonds. The Morgan fingerprint density at radius 3 is 1.50 bits per heavy atom. The number of unbranched alkanes of at least 4 members (excludes halogenated alkanes) is 10. The molecule has 0 saturated carbocycles. The number of halogens is 1. The molecule has 0 aliphatic carbocycles. The Balaban J connectivity index is 3.88. The van der Waals surface area contributed by atoms with Crippen LogP contribution in [0.2, 0.25) is 0 Å². The molecule has 0 aromatic carbocycles. The van der Waals surface area contributed by atoms with Crippen molar-refractivity contribution in [3.05, 3.63) is 0 Å². The van der Waals surface area contributed by atoms with E-state index in [0.717, 1.165) is 25.9 Å². The van der Waals surface area contributed by atoms with Gasteiger partial charge in [0.1, 0.15) is 0 Å². The van der Waals surface area contributed by atoms with Gasteiger partial charge in [-0.3, -0.25) is 4.79 Å². The van der Waals surface area contributed by atoms with E-state index in [0.29, 0.717) is 0 Å². The molecule has 2 nitrogen and oxygen atoms in total. The lowest BCUT2D eigenvalue weighted by Gasteiger charge is -2.24. The number of alkyl halides is 1. The number of nitrogens with zero attached hydrogens (tertiary/aromatic N) is 1. The van der Waals surface area contributed by atoms with E-state index in [1.807, 2.05) is 6.92 Å². The van der Waals surface area contributed by atoms with Crippen LogP contribution in [0.15, 0.2) is 0 Å². The molecule has 0 bridgehead atoms. The topological polar surface area (TPSA) is 20.3 Å². The maximum Gasteiger partial charge on any atom is 0.236 e. The van der Waals surface area contributed by atoms with Gasteiger partial charge < -0.3 is 4.90 Å². The first-order valence-electron chi connectivity index (χ1n) is 9.56. The van der Waals surface area contributed by atoms with Crippen molar-refractivity contribution in [2.75, 3.05) is 13.1 Å². The molecule has 0 saturated heterocycles. The third-order valence-corrected chi connectivity index (χ3v) is 4.61. The molecular weight excluding hydrogens is 338 g/mol. The van der Waals surface area contributed by atoms with Crippen molar-refractivity contribution in [2.45, 2.75) is 103 Å². The van der Waals surface area contributed by atoms with E-state index in [1.165, 1.54) is 64.2 Å². The fourth-order valence-electron chi connectivity index (χ4n) is 2.75. The second kappa shape index (κ2) is 15.8. The van der Waals surface area contributed by atoms with Crippen LogP contribution in [-0.4, -0.2) is 28.7 Å². The predicted octanol–water partition coefficient (Wildman–Crippen LogP) is 6.32. The van der Waals surface area contributed by atoms with Crippen LogP contribution in [-0.2, 0) is 4.79 Å². The van der Waals surface area contributed by atoms with Crippen molar-refractivity contribution in [1.82, 2.24) is 4.90 Å². The quantitative estimate of drug-likeness (QED) is 0.242. The molecule has 3 heteroatoms. The summed E-state index contributed by atoms with van der Waals surface area (Å²) in [5, 5.41) is 0. The summed E-state index contributed by atoms with van der Waals surface area (Å²) in [6.45, 7) is 8.32. The number of carbonyl (C=O) groups excluding carboxylic acids is 1. The Bertz CT molecular complexity index is 240. The summed E-state index contributed by atoms with van der Waals surface area (Å²) in [7, 11) is 0. The lowest BCUT2D eigenvalue weighted by Crippen LogP contribution is -2.37. The van der Waals surface area contributed by atoms with Gasteiger partial charge in [-0.2, -0.15) is 0 Å². The molecule has 0 aliphatic rings. The summed E-state index contributed by atoms with van der Waals surface area (Å²) in [5.41, 5.74) is 0. The molecule has 0 N–H and O–H groups in total. The first-order chi connectivity index (χ1) is 10.6. The number of hydrogen-bond acceptors (Lipinski definition) is 1. The fraction of sp³-hybridized carbons (Fsp3) is 0.947. The van der Waals surface area contributed by atoms with Gasteiger partial charge in [-0.25, -0.2) is 0 Å². The third-order valence-electron chi connectivity index (χ3n) is 4.22. The van der Waals surface area contributed by atoms with Crippen LogP contribution >= 0.6 is 15.9 Å². The van der Waals surface area contributed by atoms with Crippen molar-refractivity contribution in [3.63, 3.8) is 0 Å². The van der Waals surface area contributed by atoms with Gasteiger partial charge in [-0.15, -0.1) is 0 Å². The molecule has 1 atom stereocenters. The summed E-state index contributed by atoms with van der Waals surface area (Å²) in [6.07, 6.45) is 15.4. The predicted molar refractivity (Wildman–Crippen MR) is 102 cm³/mol. The van der Waals surface area contributed by atoms with Crippen LogP contribution in [0, 0.1) is 0 Å². The SMILES string of the molecule is CCCCCCCCN(CCCCCCCC)C(=O)C(C)Br. The molecule has 132 valence electrons. The Morgan fingerprint density at radius 2 is 1.14 bits per heavy atom. The Kier molecular flexibility index (Phi) is 15.8. The molecule has 0 rings (SSSR count). The molecule has 1 unspecified atom stereocenters. The highest BCUT2D eigenvalue weighted by Crippen LogP contribution is 2.11. The van der Waals surface area contributed by atoms with Crippen LogP contribution in [0.25, 0.3) is 0 Å². The Labute approximate surface area is 147 Å². The lowest BCUT2D eigenvalue weighted by atomic mass is 10.1. The molecule has 0 aromatic rings. The Hall–Kier alpha value is -0.0500. The largest absolute Gasteiger partial charge is 0.342 e. The molecule has 0 fully saturated rings. The normalized spacial score (nSPS) is 12.4. The van der Waals surface area contributed by atoms with Gasteiger partial charge in [-0.1, -0.05) is 94.0 Å². The van der Waals surface area contributed by atoms with E-state index in [9.17, 15) is 4.79 Å². The number of rotatable bonds is 15. The number of hydrogen-bond donors (Lipinski definition) is 0. The van der Waals surface area contributed by atoms with Crippen molar-refractivity contribution >= 4 is 21.8 Å². The zero-order valence-electron chi connectivity index (χ0n) is 15.2. The average Bonchev–Trinajstić information content (AvgIpc) is 2.51. The zero-order chi connectivity index (χ0) is 16.6. The minimum Gasteiger partial charge on any atom is -0.342 e. The van der Waals surface area contributed by atoms with Crippen molar-refractivity contribution in [3.8, 4) is 0 Å².